The predicted molar refractivity (Wildman–Crippen MR) is 86.0 cm³/mol. The zero-order valence-corrected chi connectivity index (χ0v) is 13.5. The van der Waals surface area contributed by atoms with Crippen LogP contribution < -0.4 is 0 Å². The summed E-state index contributed by atoms with van der Waals surface area (Å²) in [6, 6.07) is 3.51. The standard InChI is InChI=1S/C20H17F5/c1-2-3-4-11-7-15(21)18(16(22)8-11)12-5-6-14-13(9-12)10-17(23)20(25)19(14)24/h2,7-8,10,12H,1,3-6,9H2. The maximum absolute atomic E-state index is 14.4. The van der Waals surface area contributed by atoms with Gasteiger partial charge >= 0.3 is 0 Å². The zero-order valence-electron chi connectivity index (χ0n) is 13.5. The first-order valence-electron chi connectivity index (χ1n) is 8.16. The fourth-order valence-corrected chi connectivity index (χ4v) is 3.51. The molecule has 0 saturated carbocycles. The summed E-state index contributed by atoms with van der Waals surface area (Å²) in [4.78, 5) is 0. The first-order chi connectivity index (χ1) is 11.9. The van der Waals surface area contributed by atoms with Crippen LogP contribution in [0.4, 0.5) is 22.0 Å². The van der Waals surface area contributed by atoms with E-state index in [-0.39, 0.29) is 36.0 Å². The van der Waals surface area contributed by atoms with E-state index in [1.165, 1.54) is 12.1 Å². The Hall–Kier alpha value is -2.17. The Bertz CT molecular complexity index is 802. The van der Waals surface area contributed by atoms with Crippen molar-refractivity contribution in [2.24, 2.45) is 0 Å². The van der Waals surface area contributed by atoms with Crippen LogP contribution in [0.5, 0.6) is 0 Å². The monoisotopic (exact) mass is 352 g/mol. The molecule has 132 valence electrons. The predicted octanol–water partition coefficient (Wildman–Crippen LogP) is 5.77. The van der Waals surface area contributed by atoms with Crippen molar-refractivity contribution >= 4 is 0 Å². The SMILES string of the molecule is C=CCCc1cc(F)c(C2CCc3c(cc(F)c(F)c3F)C2)c(F)c1. The van der Waals surface area contributed by atoms with E-state index in [4.69, 9.17) is 0 Å². The Morgan fingerprint density at radius 1 is 0.960 bits per heavy atom. The van der Waals surface area contributed by atoms with Gasteiger partial charge in [-0.15, -0.1) is 6.58 Å². The number of hydrogen-bond acceptors (Lipinski definition) is 0. The van der Waals surface area contributed by atoms with Crippen LogP contribution in [0.2, 0.25) is 0 Å². The maximum Gasteiger partial charge on any atom is 0.194 e. The first kappa shape index (κ1) is 17.6. The molecule has 0 saturated heterocycles. The molecule has 1 unspecified atom stereocenters. The molecule has 1 aliphatic carbocycles. The largest absolute Gasteiger partial charge is 0.207 e. The van der Waals surface area contributed by atoms with Crippen LogP contribution in [0.25, 0.3) is 0 Å². The molecule has 0 spiro atoms. The quantitative estimate of drug-likeness (QED) is 0.372. The third-order valence-corrected chi connectivity index (χ3v) is 4.75. The topological polar surface area (TPSA) is 0 Å². The van der Waals surface area contributed by atoms with Gasteiger partial charge in [-0.2, -0.15) is 0 Å². The lowest BCUT2D eigenvalue weighted by atomic mass is 9.79. The summed E-state index contributed by atoms with van der Waals surface area (Å²) < 4.78 is 69.5. The molecule has 1 aliphatic rings. The van der Waals surface area contributed by atoms with Gasteiger partial charge in [0.25, 0.3) is 0 Å². The van der Waals surface area contributed by atoms with E-state index >= 15 is 0 Å². The van der Waals surface area contributed by atoms with Crippen molar-refractivity contribution in [1.29, 1.82) is 0 Å². The second-order valence-corrected chi connectivity index (χ2v) is 6.36. The molecular weight excluding hydrogens is 335 g/mol. The Labute approximate surface area is 143 Å². The number of aryl methyl sites for hydroxylation is 1. The zero-order chi connectivity index (χ0) is 18.1. The fourth-order valence-electron chi connectivity index (χ4n) is 3.51. The Morgan fingerprint density at radius 2 is 1.64 bits per heavy atom. The highest BCUT2D eigenvalue weighted by Gasteiger charge is 2.29. The van der Waals surface area contributed by atoms with Crippen molar-refractivity contribution in [3.63, 3.8) is 0 Å². The second kappa shape index (κ2) is 6.98. The molecule has 0 amide bonds. The van der Waals surface area contributed by atoms with Crippen LogP contribution in [0.3, 0.4) is 0 Å². The number of rotatable bonds is 4. The minimum absolute atomic E-state index is 0.0712. The van der Waals surface area contributed by atoms with Crippen molar-refractivity contribution in [2.75, 3.05) is 0 Å². The number of halogens is 5. The average Bonchev–Trinajstić information content (AvgIpc) is 2.57. The number of allylic oxidation sites excluding steroid dienone is 1. The highest BCUT2D eigenvalue weighted by atomic mass is 19.2. The first-order valence-corrected chi connectivity index (χ1v) is 8.16. The lowest BCUT2D eigenvalue weighted by Gasteiger charge is -2.26. The van der Waals surface area contributed by atoms with E-state index in [1.54, 1.807) is 6.08 Å². The summed E-state index contributed by atoms with van der Waals surface area (Å²) in [6.07, 6.45) is 3.22. The second-order valence-electron chi connectivity index (χ2n) is 6.36. The Morgan fingerprint density at radius 3 is 2.28 bits per heavy atom. The summed E-state index contributed by atoms with van der Waals surface area (Å²) in [6.45, 7) is 3.58. The van der Waals surface area contributed by atoms with Crippen LogP contribution >= 0.6 is 0 Å². The van der Waals surface area contributed by atoms with Gasteiger partial charge in [-0.25, -0.2) is 22.0 Å². The van der Waals surface area contributed by atoms with E-state index in [2.05, 4.69) is 6.58 Å². The summed E-state index contributed by atoms with van der Waals surface area (Å²) >= 11 is 0. The highest BCUT2D eigenvalue weighted by Crippen LogP contribution is 2.37. The van der Waals surface area contributed by atoms with Gasteiger partial charge in [0.05, 0.1) is 0 Å². The van der Waals surface area contributed by atoms with E-state index < -0.39 is 35.0 Å². The van der Waals surface area contributed by atoms with Crippen molar-refractivity contribution in [3.8, 4) is 0 Å². The van der Waals surface area contributed by atoms with Crippen LogP contribution in [0.15, 0.2) is 30.9 Å². The van der Waals surface area contributed by atoms with Gasteiger partial charge in [0.15, 0.2) is 17.5 Å². The van der Waals surface area contributed by atoms with Crippen molar-refractivity contribution in [2.45, 2.75) is 38.0 Å². The van der Waals surface area contributed by atoms with E-state index in [1.807, 2.05) is 0 Å². The summed E-state index contributed by atoms with van der Waals surface area (Å²) in [7, 11) is 0. The molecule has 0 fully saturated rings. The normalized spacial score (nSPS) is 16.6. The van der Waals surface area contributed by atoms with Gasteiger partial charge in [-0.1, -0.05) is 6.08 Å². The number of hydrogen-bond donors (Lipinski definition) is 0. The molecule has 0 aromatic heterocycles. The number of benzene rings is 2. The van der Waals surface area contributed by atoms with E-state index in [9.17, 15) is 22.0 Å². The van der Waals surface area contributed by atoms with Crippen LogP contribution in [0, 0.1) is 29.1 Å². The molecule has 0 bridgehead atoms. The third-order valence-electron chi connectivity index (χ3n) is 4.75. The van der Waals surface area contributed by atoms with Crippen molar-refractivity contribution in [1.82, 2.24) is 0 Å². The van der Waals surface area contributed by atoms with E-state index in [0.717, 1.165) is 6.07 Å². The molecule has 0 nitrogen and oxygen atoms in total. The van der Waals surface area contributed by atoms with Crippen LogP contribution in [0.1, 0.15) is 41.0 Å². The van der Waals surface area contributed by atoms with Crippen LogP contribution in [-0.4, -0.2) is 0 Å². The molecule has 0 N–H and O–H groups in total. The molecular formula is C20H17F5. The molecule has 1 atom stereocenters. The van der Waals surface area contributed by atoms with E-state index in [0.29, 0.717) is 18.4 Å². The maximum atomic E-state index is 14.4. The van der Waals surface area contributed by atoms with Crippen molar-refractivity contribution < 1.29 is 22.0 Å². The summed E-state index contributed by atoms with van der Waals surface area (Å²) in [5.41, 5.74) is 0.827. The molecule has 0 heterocycles. The van der Waals surface area contributed by atoms with Crippen LogP contribution in [-0.2, 0) is 19.3 Å². The summed E-state index contributed by atoms with van der Waals surface area (Å²) in [5, 5.41) is 0. The molecule has 0 aliphatic heterocycles. The fraction of sp³-hybridized carbons (Fsp3) is 0.300. The molecule has 3 rings (SSSR count). The minimum atomic E-state index is -1.50. The van der Waals surface area contributed by atoms with Gasteiger partial charge in [-0.3, -0.25) is 0 Å². The molecule has 2 aromatic rings. The lowest BCUT2D eigenvalue weighted by molar-refractivity contribution is 0.424. The third kappa shape index (κ3) is 3.32. The highest BCUT2D eigenvalue weighted by molar-refractivity contribution is 5.38. The minimum Gasteiger partial charge on any atom is -0.207 e. The smallest absolute Gasteiger partial charge is 0.194 e. The average molecular weight is 352 g/mol. The molecule has 0 radical (unpaired) electrons. The Kier molecular flexibility index (Phi) is 4.93. The van der Waals surface area contributed by atoms with Gasteiger partial charge in [0, 0.05) is 5.56 Å². The molecule has 5 heteroatoms. The molecule has 2 aromatic carbocycles. The van der Waals surface area contributed by atoms with Gasteiger partial charge in [0.2, 0.25) is 0 Å². The lowest BCUT2D eigenvalue weighted by Crippen LogP contribution is -2.18. The van der Waals surface area contributed by atoms with Gasteiger partial charge in [-0.05, 0) is 72.9 Å². The van der Waals surface area contributed by atoms with Gasteiger partial charge < -0.3 is 0 Å². The summed E-state index contributed by atoms with van der Waals surface area (Å²) in [5.74, 6) is -5.83. The number of fused-ring (bicyclic) bond motifs is 1. The Balaban J connectivity index is 1.93. The molecule has 25 heavy (non-hydrogen) atoms. The van der Waals surface area contributed by atoms with Gasteiger partial charge in [0.1, 0.15) is 11.6 Å². The van der Waals surface area contributed by atoms with Crippen molar-refractivity contribution in [3.05, 3.63) is 82.2 Å².